The molecule has 0 radical (unpaired) electrons. The van der Waals surface area contributed by atoms with Crippen molar-refractivity contribution >= 4 is 5.97 Å². The number of rotatable bonds is 7. The first-order chi connectivity index (χ1) is 12.7. The Balaban J connectivity index is 2.16. The Morgan fingerprint density at radius 3 is 1.81 bits per heavy atom. The van der Waals surface area contributed by atoms with Crippen LogP contribution >= 0.6 is 0 Å². The molecule has 0 aliphatic carbocycles. The molecule has 27 heavy (non-hydrogen) atoms. The van der Waals surface area contributed by atoms with Gasteiger partial charge in [-0.1, -0.05) is 0 Å². The van der Waals surface area contributed by atoms with E-state index in [1.54, 1.807) is 0 Å². The molecular weight excluding hydrogens is 376 g/mol. The first kappa shape index (κ1) is 22.3. The van der Waals surface area contributed by atoms with Crippen molar-refractivity contribution in [2.24, 2.45) is 0 Å². The number of ether oxygens (including phenoxy) is 4. The summed E-state index contributed by atoms with van der Waals surface area (Å²) in [6, 6.07) is 0. The van der Waals surface area contributed by atoms with Crippen LogP contribution in [0.4, 0.5) is 0 Å². The topological polar surface area (TPSA) is 216 Å². The monoisotopic (exact) mass is 400 g/mol. The van der Waals surface area contributed by atoms with Crippen LogP contribution in [0.2, 0.25) is 0 Å². The normalized spacial score (nSPS) is 45.6. The molecule has 13 nitrogen and oxygen atoms in total. The largest absolute Gasteiger partial charge is 0.480 e. The summed E-state index contributed by atoms with van der Waals surface area (Å²) in [4.78, 5) is 10.7. The highest BCUT2D eigenvalue weighted by Gasteiger charge is 2.50. The molecule has 2 rings (SSSR count). The van der Waals surface area contributed by atoms with Gasteiger partial charge in [-0.2, -0.15) is 0 Å². The van der Waals surface area contributed by atoms with Gasteiger partial charge >= 0.3 is 5.97 Å². The van der Waals surface area contributed by atoms with Crippen molar-refractivity contribution in [1.82, 2.24) is 0 Å². The minimum atomic E-state index is -1.80. The van der Waals surface area contributed by atoms with E-state index in [1.807, 2.05) is 0 Å². The lowest BCUT2D eigenvalue weighted by Gasteiger charge is -2.45. The molecule has 0 aromatic carbocycles. The van der Waals surface area contributed by atoms with Crippen LogP contribution in [0.25, 0.3) is 0 Å². The van der Waals surface area contributed by atoms with Crippen molar-refractivity contribution in [3.63, 3.8) is 0 Å². The molecule has 0 aromatic rings. The smallest absolute Gasteiger partial charge is 0.329 e. The van der Waals surface area contributed by atoms with Crippen molar-refractivity contribution < 1.29 is 64.6 Å². The molecule has 0 amide bonds. The molecule has 10 atom stereocenters. The Labute approximate surface area is 152 Å². The van der Waals surface area contributed by atoms with Gasteiger partial charge in [0.25, 0.3) is 0 Å². The maximum atomic E-state index is 10.7. The van der Waals surface area contributed by atoms with Crippen molar-refractivity contribution in [2.75, 3.05) is 19.8 Å². The van der Waals surface area contributed by atoms with Crippen LogP contribution in [0.5, 0.6) is 0 Å². The van der Waals surface area contributed by atoms with E-state index in [2.05, 4.69) is 0 Å². The highest BCUT2D eigenvalue weighted by atomic mass is 16.8. The molecule has 0 aromatic heterocycles. The first-order valence-electron chi connectivity index (χ1n) is 8.13. The van der Waals surface area contributed by atoms with Crippen LogP contribution in [0.3, 0.4) is 0 Å². The fraction of sp³-hybridized carbons (Fsp3) is 0.929. The number of aliphatic carboxylic acids is 1. The molecule has 0 unspecified atom stereocenters. The third-order valence-corrected chi connectivity index (χ3v) is 4.34. The maximum Gasteiger partial charge on any atom is 0.329 e. The fourth-order valence-corrected chi connectivity index (χ4v) is 2.82. The van der Waals surface area contributed by atoms with Crippen LogP contribution in [0.15, 0.2) is 0 Å². The molecule has 2 fully saturated rings. The quantitative estimate of drug-likeness (QED) is 0.201. The zero-order chi connectivity index (χ0) is 20.3. The summed E-state index contributed by atoms with van der Waals surface area (Å²) < 4.78 is 20.6. The standard InChI is InChI=1S/C14H24O13/c15-1-4-7(19)9(21)11(23)13(25-4)27-12-10(22)8(20)5(2-16)26-14(12)24-3-6(17)18/h4-5,7-16,19-23H,1-3H2,(H,17,18)/t4-,5-,7-,8-,9+,10+,11+,12+,13-,14+/m1/s1. The SMILES string of the molecule is O=C(O)CO[C@H]1O[C@H](CO)[C@@H](O)[C@H](O)[C@@H]1O[C@H]1O[C@H](CO)[C@@H](O)[C@H](O)[C@@H]1O. The van der Waals surface area contributed by atoms with Crippen LogP contribution in [0.1, 0.15) is 0 Å². The van der Waals surface area contributed by atoms with Gasteiger partial charge in [-0.05, 0) is 0 Å². The lowest BCUT2D eigenvalue weighted by atomic mass is 9.97. The second-order valence-electron chi connectivity index (χ2n) is 6.21. The van der Waals surface area contributed by atoms with Gasteiger partial charge < -0.3 is 59.8 Å². The number of hydrogen-bond donors (Lipinski definition) is 8. The average molecular weight is 400 g/mol. The number of aliphatic hydroxyl groups excluding tert-OH is 7. The molecule has 2 aliphatic rings. The van der Waals surface area contributed by atoms with Gasteiger partial charge in [-0.3, -0.25) is 0 Å². The minimum Gasteiger partial charge on any atom is -0.480 e. The average Bonchev–Trinajstić information content (AvgIpc) is 2.64. The fourth-order valence-electron chi connectivity index (χ4n) is 2.82. The van der Waals surface area contributed by atoms with E-state index in [0.29, 0.717) is 0 Å². The van der Waals surface area contributed by atoms with Crippen molar-refractivity contribution in [3.05, 3.63) is 0 Å². The van der Waals surface area contributed by atoms with Gasteiger partial charge in [0, 0.05) is 0 Å². The molecule has 0 spiro atoms. The Morgan fingerprint density at radius 1 is 0.778 bits per heavy atom. The Morgan fingerprint density at radius 2 is 1.30 bits per heavy atom. The Bertz CT molecular complexity index is 488. The van der Waals surface area contributed by atoms with Crippen LogP contribution in [0, 0.1) is 0 Å². The Hall–Kier alpha value is -0.970. The third kappa shape index (κ3) is 4.90. The second kappa shape index (κ2) is 9.49. The summed E-state index contributed by atoms with van der Waals surface area (Å²) in [5.74, 6) is -1.37. The third-order valence-electron chi connectivity index (χ3n) is 4.34. The van der Waals surface area contributed by atoms with E-state index >= 15 is 0 Å². The van der Waals surface area contributed by atoms with Gasteiger partial charge in [-0.25, -0.2) is 4.79 Å². The van der Waals surface area contributed by atoms with Crippen LogP contribution < -0.4 is 0 Å². The van der Waals surface area contributed by atoms with E-state index in [0.717, 1.165) is 0 Å². The minimum absolute atomic E-state index is 0.710. The Kier molecular flexibility index (Phi) is 7.84. The number of carboxylic acid groups (broad SMARTS) is 1. The number of carbonyl (C=O) groups is 1. The summed E-state index contributed by atoms with van der Waals surface area (Å²) in [6.07, 6.45) is -16.0. The summed E-state index contributed by atoms with van der Waals surface area (Å²) >= 11 is 0. The zero-order valence-electron chi connectivity index (χ0n) is 14.0. The molecule has 0 bridgehead atoms. The summed E-state index contributed by atoms with van der Waals surface area (Å²) in [5.41, 5.74) is 0. The van der Waals surface area contributed by atoms with Gasteiger partial charge in [0.2, 0.25) is 0 Å². The lowest BCUT2D eigenvalue weighted by Crippen LogP contribution is -2.64. The van der Waals surface area contributed by atoms with Crippen molar-refractivity contribution in [1.29, 1.82) is 0 Å². The van der Waals surface area contributed by atoms with Crippen LogP contribution in [-0.4, -0.2) is 128 Å². The molecule has 13 heteroatoms. The van der Waals surface area contributed by atoms with Gasteiger partial charge in [-0.15, -0.1) is 0 Å². The molecule has 8 N–H and O–H groups in total. The van der Waals surface area contributed by atoms with E-state index in [4.69, 9.17) is 24.1 Å². The summed E-state index contributed by atoms with van der Waals surface area (Å²) in [5, 5.41) is 76.9. The lowest BCUT2D eigenvalue weighted by molar-refractivity contribution is -0.366. The van der Waals surface area contributed by atoms with E-state index in [1.165, 1.54) is 0 Å². The van der Waals surface area contributed by atoms with Crippen molar-refractivity contribution in [2.45, 2.75) is 61.4 Å². The van der Waals surface area contributed by atoms with Gasteiger partial charge in [0.1, 0.15) is 55.4 Å². The van der Waals surface area contributed by atoms with Gasteiger partial charge in [0.05, 0.1) is 13.2 Å². The van der Waals surface area contributed by atoms with Gasteiger partial charge in [0.15, 0.2) is 12.6 Å². The molecule has 2 heterocycles. The zero-order valence-corrected chi connectivity index (χ0v) is 14.0. The number of aliphatic hydroxyl groups is 7. The highest BCUT2D eigenvalue weighted by molar-refractivity contribution is 5.68. The van der Waals surface area contributed by atoms with Crippen LogP contribution in [-0.2, 0) is 23.7 Å². The summed E-state index contributed by atoms with van der Waals surface area (Å²) in [7, 11) is 0. The summed E-state index contributed by atoms with van der Waals surface area (Å²) in [6.45, 7) is -2.29. The maximum absolute atomic E-state index is 10.7. The second-order valence-corrected chi connectivity index (χ2v) is 6.21. The van der Waals surface area contributed by atoms with E-state index in [9.17, 15) is 40.5 Å². The number of carboxylic acids is 1. The molecule has 0 saturated carbocycles. The highest BCUT2D eigenvalue weighted by Crippen LogP contribution is 2.29. The van der Waals surface area contributed by atoms with E-state index in [-0.39, 0.29) is 0 Å². The molecule has 2 aliphatic heterocycles. The first-order valence-corrected chi connectivity index (χ1v) is 8.13. The predicted octanol–water partition coefficient (Wildman–Crippen LogP) is -5.29. The van der Waals surface area contributed by atoms with E-state index < -0.39 is 87.2 Å². The molecule has 158 valence electrons. The number of hydrogen-bond acceptors (Lipinski definition) is 12. The predicted molar refractivity (Wildman–Crippen MR) is 80.0 cm³/mol. The van der Waals surface area contributed by atoms with Crippen molar-refractivity contribution in [3.8, 4) is 0 Å². The molecular formula is C14H24O13. The molecule has 2 saturated heterocycles.